The summed E-state index contributed by atoms with van der Waals surface area (Å²) in [5.41, 5.74) is 5.28. The molecule has 0 unspecified atom stereocenters. The molecule has 0 aliphatic heterocycles. The number of esters is 1. The average Bonchev–Trinajstić information content (AvgIpc) is 2.75. The fraction of sp³-hybridized carbons (Fsp3) is 0.208. The number of anilines is 1. The Morgan fingerprint density at radius 1 is 0.900 bits per heavy atom. The summed E-state index contributed by atoms with van der Waals surface area (Å²) in [5.74, 6) is -0.00494. The number of aromatic nitrogens is 1. The van der Waals surface area contributed by atoms with Gasteiger partial charge in [-0.25, -0.2) is 9.78 Å². The fourth-order valence-electron chi connectivity index (χ4n) is 3.27. The van der Waals surface area contributed by atoms with E-state index in [2.05, 4.69) is 10.3 Å². The Morgan fingerprint density at radius 2 is 1.60 bits per heavy atom. The molecule has 1 N–H and O–H groups in total. The zero-order valence-electron chi connectivity index (χ0n) is 17.7. The van der Waals surface area contributed by atoms with E-state index in [1.807, 2.05) is 57.2 Å². The second kappa shape index (κ2) is 8.78. The molecule has 6 heteroatoms. The number of carbonyl (C=O) groups is 2. The van der Waals surface area contributed by atoms with Gasteiger partial charge in [0.15, 0.2) is 0 Å². The highest BCUT2D eigenvalue weighted by atomic mass is 16.5. The summed E-state index contributed by atoms with van der Waals surface area (Å²) in [4.78, 5) is 29.4. The van der Waals surface area contributed by atoms with E-state index in [9.17, 15) is 9.59 Å². The first-order valence-corrected chi connectivity index (χ1v) is 9.47. The van der Waals surface area contributed by atoms with Crippen molar-refractivity contribution >= 4 is 17.6 Å². The molecule has 0 bridgehead atoms. The van der Waals surface area contributed by atoms with Gasteiger partial charge in [0.1, 0.15) is 11.4 Å². The van der Waals surface area contributed by atoms with Gasteiger partial charge in [0, 0.05) is 11.3 Å². The van der Waals surface area contributed by atoms with Crippen molar-refractivity contribution < 1.29 is 19.1 Å². The van der Waals surface area contributed by atoms with Crippen LogP contribution < -0.4 is 10.1 Å². The molecule has 1 heterocycles. The van der Waals surface area contributed by atoms with Crippen LogP contribution in [0.2, 0.25) is 0 Å². The van der Waals surface area contributed by atoms with Crippen molar-refractivity contribution in [2.75, 3.05) is 19.5 Å². The zero-order valence-corrected chi connectivity index (χ0v) is 17.7. The van der Waals surface area contributed by atoms with Gasteiger partial charge in [-0.1, -0.05) is 18.2 Å². The van der Waals surface area contributed by atoms with E-state index in [4.69, 9.17) is 9.47 Å². The van der Waals surface area contributed by atoms with E-state index in [1.165, 1.54) is 7.11 Å². The highest BCUT2D eigenvalue weighted by Crippen LogP contribution is 2.26. The number of carbonyl (C=O) groups excluding carboxylic acids is 2. The quantitative estimate of drug-likeness (QED) is 0.623. The van der Waals surface area contributed by atoms with E-state index >= 15 is 0 Å². The molecule has 2 aromatic carbocycles. The number of ether oxygens (including phenoxy) is 2. The minimum absolute atomic E-state index is 0.311. The van der Waals surface area contributed by atoms with E-state index in [0.29, 0.717) is 22.6 Å². The SMILES string of the molecule is COC(=O)c1cc(C)c(NC(=O)c2nc(-c3cccc(OC)c3)ccc2C)c(C)c1. The average molecular weight is 404 g/mol. The summed E-state index contributed by atoms with van der Waals surface area (Å²) in [6.45, 7) is 5.52. The van der Waals surface area contributed by atoms with Crippen molar-refractivity contribution in [1.29, 1.82) is 0 Å². The van der Waals surface area contributed by atoms with E-state index in [-0.39, 0.29) is 5.91 Å². The predicted molar refractivity (Wildman–Crippen MR) is 116 cm³/mol. The van der Waals surface area contributed by atoms with Gasteiger partial charge >= 0.3 is 5.97 Å². The highest BCUT2D eigenvalue weighted by molar-refractivity contribution is 6.05. The molecule has 0 atom stereocenters. The van der Waals surface area contributed by atoms with Crippen molar-refractivity contribution in [2.45, 2.75) is 20.8 Å². The van der Waals surface area contributed by atoms with E-state index in [1.54, 1.807) is 19.2 Å². The van der Waals surface area contributed by atoms with Crippen molar-refractivity contribution in [3.05, 3.63) is 76.5 Å². The fourth-order valence-corrected chi connectivity index (χ4v) is 3.27. The van der Waals surface area contributed by atoms with Gasteiger partial charge in [0.05, 0.1) is 25.5 Å². The maximum absolute atomic E-state index is 13.0. The molecule has 0 aliphatic rings. The molecule has 30 heavy (non-hydrogen) atoms. The number of aryl methyl sites for hydroxylation is 3. The molecule has 0 spiro atoms. The summed E-state index contributed by atoms with van der Waals surface area (Å²) in [6.07, 6.45) is 0. The molecule has 1 aromatic heterocycles. The first-order valence-electron chi connectivity index (χ1n) is 9.47. The Balaban J connectivity index is 1.93. The number of hydrogen-bond donors (Lipinski definition) is 1. The number of pyridine rings is 1. The molecule has 0 saturated carbocycles. The topological polar surface area (TPSA) is 77.5 Å². The lowest BCUT2D eigenvalue weighted by molar-refractivity contribution is 0.0600. The van der Waals surface area contributed by atoms with Crippen molar-refractivity contribution in [3.8, 4) is 17.0 Å². The highest BCUT2D eigenvalue weighted by Gasteiger charge is 2.17. The summed E-state index contributed by atoms with van der Waals surface area (Å²) < 4.78 is 10.1. The van der Waals surface area contributed by atoms with Gasteiger partial charge in [-0.2, -0.15) is 0 Å². The minimum Gasteiger partial charge on any atom is -0.497 e. The van der Waals surface area contributed by atoms with Crippen molar-refractivity contribution in [1.82, 2.24) is 4.98 Å². The number of benzene rings is 2. The molecule has 3 aromatic rings. The molecule has 1 amide bonds. The van der Waals surface area contributed by atoms with Crippen LogP contribution in [-0.2, 0) is 4.74 Å². The third-order valence-corrected chi connectivity index (χ3v) is 4.87. The number of hydrogen-bond acceptors (Lipinski definition) is 5. The number of rotatable bonds is 5. The van der Waals surface area contributed by atoms with Crippen LogP contribution in [0, 0.1) is 20.8 Å². The Bertz CT molecular complexity index is 1100. The normalized spacial score (nSPS) is 10.4. The molecule has 6 nitrogen and oxygen atoms in total. The maximum Gasteiger partial charge on any atom is 0.337 e. The summed E-state index contributed by atoms with van der Waals surface area (Å²) in [6, 6.07) is 14.7. The minimum atomic E-state index is -0.414. The van der Waals surface area contributed by atoms with Crippen LogP contribution in [0.25, 0.3) is 11.3 Å². The molecular formula is C24H24N2O4. The molecule has 0 saturated heterocycles. The molecule has 0 fully saturated rings. The number of amides is 1. The molecule has 154 valence electrons. The lowest BCUT2D eigenvalue weighted by Crippen LogP contribution is -2.17. The smallest absolute Gasteiger partial charge is 0.337 e. The van der Waals surface area contributed by atoms with Crippen LogP contribution in [0.15, 0.2) is 48.5 Å². The van der Waals surface area contributed by atoms with E-state index in [0.717, 1.165) is 28.0 Å². The van der Waals surface area contributed by atoms with Crippen molar-refractivity contribution in [3.63, 3.8) is 0 Å². The van der Waals surface area contributed by atoms with Crippen LogP contribution in [0.4, 0.5) is 5.69 Å². The number of nitrogens with one attached hydrogen (secondary N) is 1. The Hall–Kier alpha value is -3.67. The van der Waals surface area contributed by atoms with Gasteiger partial charge in [-0.05, 0) is 67.8 Å². The van der Waals surface area contributed by atoms with Crippen LogP contribution >= 0.6 is 0 Å². The third kappa shape index (κ3) is 4.33. The van der Waals surface area contributed by atoms with Crippen LogP contribution in [-0.4, -0.2) is 31.1 Å². The summed E-state index contributed by atoms with van der Waals surface area (Å²) >= 11 is 0. The Labute approximate surface area is 175 Å². The molecule has 0 radical (unpaired) electrons. The molecule has 0 aliphatic carbocycles. The van der Waals surface area contributed by atoms with Gasteiger partial charge < -0.3 is 14.8 Å². The van der Waals surface area contributed by atoms with Gasteiger partial charge in [-0.15, -0.1) is 0 Å². The van der Waals surface area contributed by atoms with Crippen molar-refractivity contribution in [2.24, 2.45) is 0 Å². The van der Waals surface area contributed by atoms with Gasteiger partial charge in [0.2, 0.25) is 0 Å². The lowest BCUT2D eigenvalue weighted by Gasteiger charge is -2.14. The standard InChI is InChI=1S/C24H24N2O4/c1-14-9-10-20(17-7-6-8-19(13-17)29-4)25-22(14)23(27)26-21-15(2)11-18(12-16(21)3)24(28)30-5/h6-13H,1-5H3,(H,26,27). The molecule has 3 rings (SSSR count). The van der Waals surface area contributed by atoms with Gasteiger partial charge in [0.25, 0.3) is 5.91 Å². The number of methoxy groups -OCH3 is 2. The first kappa shape index (κ1) is 21.0. The zero-order chi connectivity index (χ0) is 21.8. The molecular weight excluding hydrogens is 380 g/mol. The second-order valence-corrected chi connectivity index (χ2v) is 7.02. The maximum atomic E-state index is 13.0. The Kier molecular flexibility index (Phi) is 6.16. The number of nitrogens with zero attached hydrogens (tertiary/aromatic N) is 1. The predicted octanol–water partition coefficient (Wildman–Crippen LogP) is 4.72. The van der Waals surface area contributed by atoms with Crippen LogP contribution in [0.1, 0.15) is 37.5 Å². The van der Waals surface area contributed by atoms with Crippen LogP contribution in [0.3, 0.4) is 0 Å². The summed E-state index contributed by atoms with van der Waals surface area (Å²) in [5, 5.41) is 2.94. The van der Waals surface area contributed by atoms with E-state index < -0.39 is 5.97 Å². The Morgan fingerprint density at radius 3 is 2.23 bits per heavy atom. The first-order chi connectivity index (χ1) is 14.3. The third-order valence-electron chi connectivity index (χ3n) is 4.87. The largest absolute Gasteiger partial charge is 0.497 e. The van der Waals surface area contributed by atoms with Crippen LogP contribution in [0.5, 0.6) is 5.75 Å². The monoisotopic (exact) mass is 404 g/mol. The lowest BCUT2D eigenvalue weighted by atomic mass is 10.0. The van der Waals surface area contributed by atoms with Gasteiger partial charge in [-0.3, -0.25) is 4.79 Å². The summed E-state index contributed by atoms with van der Waals surface area (Å²) in [7, 11) is 2.95. The second-order valence-electron chi connectivity index (χ2n) is 7.02.